The van der Waals surface area contributed by atoms with Gasteiger partial charge in [0.15, 0.2) is 0 Å². The van der Waals surface area contributed by atoms with Gasteiger partial charge in [0.1, 0.15) is 0 Å². The predicted molar refractivity (Wildman–Crippen MR) is 58.4 cm³/mol. The molecule has 1 heterocycles. The smallest absolute Gasteiger partial charge is 0.311 e. The zero-order chi connectivity index (χ0) is 12.0. The van der Waals surface area contributed by atoms with Crippen LogP contribution in [0.15, 0.2) is 0 Å². The lowest BCUT2D eigenvalue weighted by Crippen LogP contribution is -2.37. The van der Waals surface area contributed by atoms with E-state index in [2.05, 4.69) is 0 Å². The first-order chi connectivity index (χ1) is 7.42. The number of hydrogen-bond donors (Lipinski definition) is 1. The summed E-state index contributed by atoms with van der Waals surface area (Å²) in [4.78, 5) is 11.3. The van der Waals surface area contributed by atoms with Crippen molar-refractivity contribution in [2.45, 2.75) is 26.2 Å². The summed E-state index contributed by atoms with van der Waals surface area (Å²) < 4.78 is 24.8. The molecule has 1 aliphatic heterocycles. The predicted octanol–water partition coefficient (Wildman–Crippen LogP) is 0.523. The summed E-state index contributed by atoms with van der Waals surface area (Å²) in [5.41, 5.74) is -0.803. The lowest BCUT2D eigenvalue weighted by atomic mass is 9.81. The molecule has 2 rings (SSSR count). The van der Waals surface area contributed by atoms with Gasteiger partial charge in [-0.2, -0.15) is 0 Å². The second kappa shape index (κ2) is 3.70. The third kappa shape index (κ3) is 1.55. The van der Waals surface area contributed by atoms with E-state index >= 15 is 0 Å². The molecular formula is C10H17NO4S. The first kappa shape index (κ1) is 11.9. The average molecular weight is 247 g/mol. The number of sulfonamides is 1. The Balaban J connectivity index is 2.27. The fraction of sp³-hybridized carbons (Fsp3) is 0.900. The molecular weight excluding hydrogens is 230 g/mol. The van der Waals surface area contributed by atoms with Crippen LogP contribution in [0.3, 0.4) is 0 Å². The number of rotatable bonds is 3. The molecule has 0 spiro atoms. The third-order valence-corrected chi connectivity index (χ3v) is 5.82. The van der Waals surface area contributed by atoms with Crippen molar-refractivity contribution in [3.63, 3.8) is 0 Å². The van der Waals surface area contributed by atoms with Crippen molar-refractivity contribution in [1.29, 1.82) is 0 Å². The van der Waals surface area contributed by atoms with Crippen LogP contribution in [0, 0.1) is 11.3 Å². The van der Waals surface area contributed by atoms with Crippen LogP contribution >= 0.6 is 0 Å². The molecule has 0 unspecified atom stereocenters. The van der Waals surface area contributed by atoms with Crippen LogP contribution in [0.2, 0.25) is 0 Å². The summed E-state index contributed by atoms with van der Waals surface area (Å²) in [7, 11) is -3.24. The molecule has 1 N–H and O–H groups in total. The van der Waals surface area contributed by atoms with E-state index in [1.807, 2.05) is 0 Å². The molecule has 0 radical (unpaired) electrons. The van der Waals surface area contributed by atoms with Gasteiger partial charge in [-0.15, -0.1) is 0 Å². The zero-order valence-corrected chi connectivity index (χ0v) is 10.2. The van der Waals surface area contributed by atoms with Crippen molar-refractivity contribution in [3.05, 3.63) is 0 Å². The van der Waals surface area contributed by atoms with Gasteiger partial charge in [-0.1, -0.05) is 6.42 Å². The van der Waals surface area contributed by atoms with Crippen molar-refractivity contribution < 1.29 is 18.3 Å². The van der Waals surface area contributed by atoms with Crippen LogP contribution in [0.1, 0.15) is 26.2 Å². The van der Waals surface area contributed by atoms with Crippen LogP contribution in [-0.2, 0) is 14.8 Å². The highest BCUT2D eigenvalue weighted by molar-refractivity contribution is 7.89. The van der Waals surface area contributed by atoms with E-state index in [0.717, 1.165) is 12.8 Å². The third-order valence-electron chi connectivity index (χ3n) is 4.02. The number of fused-ring (bicyclic) bond motifs is 1. The quantitative estimate of drug-likeness (QED) is 0.789. The second-order valence-corrected chi connectivity index (χ2v) is 7.00. The Morgan fingerprint density at radius 2 is 2.25 bits per heavy atom. The van der Waals surface area contributed by atoms with E-state index < -0.39 is 21.4 Å². The molecule has 1 saturated heterocycles. The molecule has 2 aliphatic rings. The fourth-order valence-electron chi connectivity index (χ4n) is 2.99. The molecule has 92 valence electrons. The van der Waals surface area contributed by atoms with E-state index in [1.54, 1.807) is 6.92 Å². The van der Waals surface area contributed by atoms with Crippen molar-refractivity contribution in [2.24, 2.45) is 11.3 Å². The lowest BCUT2D eigenvalue weighted by Gasteiger charge is -2.23. The van der Waals surface area contributed by atoms with Crippen LogP contribution in [0.5, 0.6) is 0 Å². The molecule has 0 amide bonds. The zero-order valence-electron chi connectivity index (χ0n) is 9.35. The monoisotopic (exact) mass is 247 g/mol. The number of carboxylic acids is 1. The van der Waals surface area contributed by atoms with E-state index in [0.29, 0.717) is 13.0 Å². The van der Waals surface area contributed by atoms with Crippen LogP contribution in [-0.4, -0.2) is 42.6 Å². The van der Waals surface area contributed by atoms with E-state index in [1.165, 1.54) is 4.31 Å². The van der Waals surface area contributed by atoms with Crippen molar-refractivity contribution >= 4 is 16.0 Å². The maximum atomic E-state index is 11.7. The summed E-state index contributed by atoms with van der Waals surface area (Å²) in [6, 6.07) is 0. The van der Waals surface area contributed by atoms with Crippen LogP contribution in [0.4, 0.5) is 0 Å². The Hall–Kier alpha value is -0.620. The fourth-order valence-corrected chi connectivity index (χ4v) is 4.19. The number of hydrogen-bond acceptors (Lipinski definition) is 3. The minimum absolute atomic E-state index is 0.00586. The summed E-state index contributed by atoms with van der Waals surface area (Å²) in [6.45, 7) is 2.16. The minimum Gasteiger partial charge on any atom is -0.481 e. The van der Waals surface area contributed by atoms with Gasteiger partial charge in [-0.25, -0.2) is 12.7 Å². The van der Waals surface area contributed by atoms with Crippen LogP contribution < -0.4 is 0 Å². The largest absolute Gasteiger partial charge is 0.481 e. The molecule has 16 heavy (non-hydrogen) atoms. The van der Waals surface area contributed by atoms with E-state index in [-0.39, 0.29) is 18.2 Å². The highest BCUT2D eigenvalue weighted by Gasteiger charge is 2.56. The van der Waals surface area contributed by atoms with E-state index in [9.17, 15) is 18.3 Å². The minimum atomic E-state index is -3.24. The molecule has 2 fully saturated rings. The highest BCUT2D eigenvalue weighted by Crippen LogP contribution is 2.49. The van der Waals surface area contributed by atoms with Crippen molar-refractivity contribution in [1.82, 2.24) is 4.31 Å². The molecule has 1 aliphatic carbocycles. The average Bonchev–Trinajstić information content (AvgIpc) is 2.73. The number of carbonyl (C=O) groups is 1. The molecule has 1 saturated carbocycles. The van der Waals surface area contributed by atoms with Crippen molar-refractivity contribution in [3.8, 4) is 0 Å². The Kier molecular flexibility index (Phi) is 2.74. The van der Waals surface area contributed by atoms with Gasteiger partial charge in [-0.3, -0.25) is 4.79 Å². The Labute approximate surface area is 95.5 Å². The molecule has 0 aromatic carbocycles. The van der Waals surface area contributed by atoms with Gasteiger partial charge in [0.05, 0.1) is 11.2 Å². The van der Waals surface area contributed by atoms with Gasteiger partial charge in [0.2, 0.25) is 10.0 Å². The molecule has 0 bridgehead atoms. The number of nitrogens with zero attached hydrogens (tertiary/aromatic N) is 1. The van der Waals surface area contributed by atoms with Gasteiger partial charge in [0.25, 0.3) is 0 Å². The normalized spacial score (nSPS) is 35.2. The summed E-state index contributed by atoms with van der Waals surface area (Å²) >= 11 is 0. The van der Waals surface area contributed by atoms with Gasteiger partial charge in [0, 0.05) is 13.1 Å². The standard InChI is InChI=1S/C10H17NO4S/c1-2-16(14,15)11-6-8-4-3-5-10(8,7-11)9(12)13/h8H,2-7H2,1H3,(H,12,13)/t8-,10+/m0/s1. The van der Waals surface area contributed by atoms with Gasteiger partial charge >= 0.3 is 5.97 Å². The number of carboxylic acid groups (broad SMARTS) is 1. The molecule has 0 aromatic rings. The first-order valence-corrected chi connectivity index (χ1v) is 7.24. The summed E-state index contributed by atoms with van der Waals surface area (Å²) in [6.07, 6.45) is 2.35. The Bertz CT molecular complexity index is 405. The Morgan fingerprint density at radius 1 is 1.56 bits per heavy atom. The summed E-state index contributed by atoms with van der Waals surface area (Å²) in [5, 5.41) is 9.31. The molecule has 2 atom stereocenters. The summed E-state index contributed by atoms with van der Waals surface area (Å²) in [5.74, 6) is -0.773. The SMILES string of the molecule is CCS(=O)(=O)N1C[C@@H]2CCC[C@@]2(C(=O)O)C1. The first-order valence-electron chi connectivity index (χ1n) is 5.63. The highest BCUT2D eigenvalue weighted by atomic mass is 32.2. The lowest BCUT2D eigenvalue weighted by molar-refractivity contribution is -0.149. The maximum Gasteiger partial charge on any atom is 0.311 e. The molecule has 6 heteroatoms. The topological polar surface area (TPSA) is 74.7 Å². The number of aliphatic carboxylic acids is 1. The maximum absolute atomic E-state index is 11.7. The molecule has 5 nitrogen and oxygen atoms in total. The van der Waals surface area contributed by atoms with Gasteiger partial charge < -0.3 is 5.11 Å². The second-order valence-electron chi connectivity index (χ2n) is 4.74. The van der Waals surface area contributed by atoms with E-state index in [4.69, 9.17) is 0 Å². The van der Waals surface area contributed by atoms with Crippen molar-refractivity contribution in [2.75, 3.05) is 18.8 Å². The molecule has 0 aromatic heterocycles. The van der Waals surface area contributed by atoms with Gasteiger partial charge in [-0.05, 0) is 25.7 Å². The van der Waals surface area contributed by atoms with Crippen LogP contribution in [0.25, 0.3) is 0 Å². The Morgan fingerprint density at radius 3 is 2.75 bits per heavy atom.